The minimum atomic E-state index is -1.80. The molecular formula is C28H27Cl2N3O4. The fraction of sp³-hybridized carbons (Fsp3) is 0.321. The average Bonchev–Trinajstić information content (AvgIpc) is 3.06. The number of hydrogen-bond donors (Lipinski definition) is 2. The number of carbonyl (C=O) groups is 3. The summed E-state index contributed by atoms with van der Waals surface area (Å²) in [6.45, 7) is 7.57. The van der Waals surface area contributed by atoms with Gasteiger partial charge in [0.25, 0.3) is 0 Å². The number of Topliss-reactive ketones (excluding diaryl/α,β-unsaturated/α-hetero) is 1. The standard InChI is InChI=1S/C28H27Cl2N3O4/c1-5-37-25(35)23-24(31)33(16-8-6-14(2)18(30)11-16)20-12-27(3,4)13-21(34)22(20)28(23)17-10-15(29)7-9-19(17)32-26(28)36/h6-11H,5,12-13,31H2,1-4H3,(H,32,36). The van der Waals surface area contributed by atoms with Crippen LogP contribution in [0.4, 0.5) is 11.4 Å². The predicted octanol–water partition coefficient (Wildman–Crippen LogP) is 5.39. The Balaban J connectivity index is 1.93. The van der Waals surface area contributed by atoms with Crippen LogP contribution in [0.15, 0.2) is 59.1 Å². The molecule has 5 rings (SSSR count). The number of halogens is 2. The second-order valence-electron chi connectivity index (χ2n) is 10.4. The van der Waals surface area contributed by atoms with E-state index < -0.39 is 22.7 Å². The topological polar surface area (TPSA) is 102 Å². The smallest absolute Gasteiger partial charge is 0.339 e. The lowest BCUT2D eigenvalue weighted by atomic mass is 9.60. The van der Waals surface area contributed by atoms with E-state index in [4.69, 9.17) is 33.7 Å². The number of nitrogens with one attached hydrogen (secondary N) is 1. The van der Waals surface area contributed by atoms with Crippen LogP contribution in [0.2, 0.25) is 10.0 Å². The molecule has 1 spiro atoms. The van der Waals surface area contributed by atoms with E-state index in [1.165, 1.54) is 0 Å². The zero-order chi connectivity index (χ0) is 26.9. The number of anilines is 2. The molecule has 1 aliphatic carbocycles. The number of ketones is 1. The first-order chi connectivity index (χ1) is 17.4. The van der Waals surface area contributed by atoms with Gasteiger partial charge in [0.05, 0.1) is 6.61 Å². The number of nitrogens with zero attached hydrogens (tertiary/aromatic N) is 1. The molecule has 0 fully saturated rings. The van der Waals surface area contributed by atoms with Crippen molar-refractivity contribution >= 4 is 52.2 Å². The van der Waals surface area contributed by atoms with Gasteiger partial charge in [0, 0.05) is 44.7 Å². The number of esters is 1. The molecule has 0 saturated heterocycles. The van der Waals surface area contributed by atoms with Gasteiger partial charge in [0.2, 0.25) is 5.91 Å². The van der Waals surface area contributed by atoms with E-state index in [9.17, 15) is 14.4 Å². The molecule has 1 atom stereocenters. The Bertz CT molecular complexity index is 1460. The van der Waals surface area contributed by atoms with Crippen LogP contribution < -0.4 is 16.0 Å². The second-order valence-corrected chi connectivity index (χ2v) is 11.2. The molecule has 7 nitrogen and oxygen atoms in total. The number of carbonyl (C=O) groups excluding carboxylic acids is 3. The first kappa shape index (κ1) is 25.4. The third-order valence-electron chi connectivity index (χ3n) is 7.24. The van der Waals surface area contributed by atoms with Gasteiger partial charge in [-0.3, -0.25) is 14.5 Å². The van der Waals surface area contributed by atoms with Gasteiger partial charge in [-0.2, -0.15) is 0 Å². The second kappa shape index (κ2) is 8.64. The lowest BCUT2D eigenvalue weighted by molar-refractivity contribution is -0.140. The summed E-state index contributed by atoms with van der Waals surface area (Å²) in [7, 11) is 0. The number of fused-ring (bicyclic) bond motifs is 3. The summed E-state index contributed by atoms with van der Waals surface area (Å²) in [5, 5.41) is 3.72. The highest BCUT2D eigenvalue weighted by Crippen LogP contribution is 2.57. The number of aryl methyl sites for hydroxylation is 1. The first-order valence-electron chi connectivity index (χ1n) is 12.0. The van der Waals surface area contributed by atoms with Gasteiger partial charge in [-0.15, -0.1) is 0 Å². The van der Waals surface area contributed by atoms with Crippen LogP contribution in [-0.2, 0) is 24.5 Å². The summed E-state index contributed by atoms with van der Waals surface area (Å²) in [4.78, 5) is 43.4. The zero-order valence-corrected chi connectivity index (χ0v) is 22.5. The molecule has 9 heteroatoms. The highest BCUT2D eigenvalue weighted by atomic mass is 35.5. The van der Waals surface area contributed by atoms with Gasteiger partial charge in [-0.25, -0.2) is 4.79 Å². The van der Waals surface area contributed by atoms with E-state index in [0.717, 1.165) is 5.56 Å². The van der Waals surface area contributed by atoms with Crippen LogP contribution in [0.1, 0.15) is 44.7 Å². The van der Waals surface area contributed by atoms with Gasteiger partial charge >= 0.3 is 5.97 Å². The number of ether oxygens (including phenoxy) is 1. The normalized spacial score (nSPS) is 22.3. The maximum absolute atomic E-state index is 14.0. The molecule has 2 aromatic carbocycles. The molecule has 0 bridgehead atoms. The van der Waals surface area contributed by atoms with E-state index in [2.05, 4.69) is 5.32 Å². The molecule has 2 aliphatic heterocycles. The number of nitrogens with two attached hydrogens (primary N) is 1. The molecule has 3 N–H and O–H groups in total. The van der Waals surface area contributed by atoms with Gasteiger partial charge < -0.3 is 15.8 Å². The van der Waals surface area contributed by atoms with Crippen molar-refractivity contribution in [2.75, 3.05) is 16.8 Å². The summed E-state index contributed by atoms with van der Waals surface area (Å²) in [5.74, 6) is -1.56. The van der Waals surface area contributed by atoms with Crippen molar-refractivity contribution in [3.8, 4) is 0 Å². The molecule has 1 unspecified atom stereocenters. The Morgan fingerprint density at radius 2 is 1.86 bits per heavy atom. The van der Waals surface area contributed by atoms with E-state index in [1.807, 2.05) is 32.9 Å². The molecule has 0 radical (unpaired) electrons. The fourth-order valence-corrected chi connectivity index (χ4v) is 6.07. The van der Waals surface area contributed by atoms with Crippen molar-refractivity contribution in [1.82, 2.24) is 0 Å². The highest BCUT2D eigenvalue weighted by Gasteiger charge is 2.63. The quantitative estimate of drug-likeness (QED) is 0.507. The van der Waals surface area contributed by atoms with Gasteiger partial charge in [0.1, 0.15) is 16.8 Å². The third-order valence-corrected chi connectivity index (χ3v) is 7.88. The van der Waals surface area contributed by atoms with Crippen LogP contribution in [0.3, 0.4) is 0 Å². The molecule has 0 aromatic heterocycles. The van der Waals surface area contributed by atoms with Gasteiger partial charge in [0.15, 0.2) is 5.78 Å². The molecule has 0 saturated carbocycles. The molecule has 3 aliphatic rings. The van der Waals surface area contributed by atoms with Crippen molar-refractivity contribution in [3.05, 3.63) is 80.2 Å². The Kier molecular flexibility index (Phi) is 5.92. The lowest BCUT2D eigenvalue weighted by Crippen LogP contribution is -2.54. The lowest BCUT2D eigenvalue weighted by Gasteiger charge is -2.47. The summed E-state index contributed by atoms with van der Waals surface area (Å²) >= 11 is 12.9. The molecular weight excluding hydrogens is 513 g/mol. The van der Waals surface area contributed by atoms with Crippen LogP contribution >= 0.6 is 23.2 Å². The van der Waals surface area contributed by atoms with Gasteiger partial charge in [-0.05, 0) is 61.6 Å². The summed E-state index contributed by atoms with van der Waals surface area (Å²) in [5.41, 5.74) is 7.55. The highest BCUT2D eigenvalue weighted by molar-refractivity contribution is 6.32. The Morgan fingerprint density at radius 3 is 2.54 bits per heavy atom. The Morgan fingerprint density at radius 1 is 1.14 bits per heavy atom. The van der Waals surface area contributed by atoms with Crippen molar-refractivity contribution < 1.29 is 19.1 Å². The van der Waals surface area contributed by atoms with Crippen LogP contribution in [0.25, 0.3) is 0 Å². The average molecular weight is 540 g/mol. The Hall–Kier alpha value is -3.29. The van der Waals surface area contributed by atoms with Crippen molar-refractivity contribution in [2.24, 2.45) is 11.1 Å². The van der Waals surface area contributed by atoms with Crippen LogP contribution in [-0.4, -0.2) is 24.3 Å². The van der Waals surface area contributed by atoms with Crippen molar-refractivity contribution in [1.29, 1.82) is 0 Å². The zero-order valence-electron chi connectivity index (χ0n) is 21.0. The van der Waals surface area contributed by atoms with Gasteiger partial charge in [-0.1, -0.05) is 43.1 Å². The predicted molar refractivity (Wildman–Crippen MR) is 143 cm³/mol. The first-order valence-corrected chi connectivity index (χ1v) is 12.8. The Labute approximate surface area is 225 Å². The largest absolute Gasteiger partial charge is 0.462 e. The van der Waals surface area contributed by atoms with E-state index in [-0.39, 0.29) is 35.8 Å². The molecule has 1 amide bonds. The third kappa shape index (κ3) is 3.67. The summed E-state index contributed by atoms with van der Waals surface area (Å²) < 4.78 is 5.44. The molecule has 2 heterocycles. The minimum absolute atomic E-state index is 0.00518. The molecule has 192 valence electrons. The summed E-state index contributed by atoms with van der Waals surface area (Å²) in [6.07, 6.45) is 0.622. The number of hydrogen-bond acceptors (Lipinski definition) is 6. The van der Waals surface area contributed by atoms with Crippen LogP contribution in [0, 0.1) is 12.3 Å². The summed E-state index contributed by atoms with van der Waals surface area (Å²) in [6, 6.07) is 10.3. The SMILES string of the molecule is CCOC(=O)C1=C(N)N(c2ccc(C)c(Cl)c2)C2=C(C(=O)CC(C)(C)C2)C12C(=O)Nc1ccc(Cl)cc12. The fourth-order valence-electron chi connectivity index (χ4n) is 5.73. The number of benzene rings is 2. The number of allylic oxidation sites excluding steroid dienone is 1. The maximum Gasteiger partial charge on any atom is 0.339 e. The molecule has 2 aromatic rings. The van der Waals surface area contributed by atoms with Crippen molar-refractivity contribution in [3.63, 3.8) is 0 Å². The van der Waals surface area contributed by atoms with E-state index in [1.54, 1.807) is 36.1 Å². The monoisotopic (exact) mass is 539 g/mol. The van der Waals surface area contributed by atoms with E-state index >= 15 is 0 Å². The van der Waals surface area contributed by atoms with E-state index in [0.29, 0.717) is 39.1 Å². The number of rotatable bonds is 3. The van der Waals surface area contributed by atoms with Crippen molar-refractivity contribution in [2.45, 2.75) is 46.0 Å². The van der Waals surface area contributed by atoms with Crippen LogP contribution in [0.5, 0.6) is 0 Å². The maximum atomic E-state index is 14.0. The molecule has 37 heavy (non-hydrogen) atoms. The minimum Gasteiger partial charge on any atom is -0.462 e. The number of amides is 1.